The maximum atomic E-state index is 3.42. The van der Waals surface area contributed by atoms with Gasteiger partial charge in [-0.05, 0) is 53.4 Å². The van der Waals surface area contributed by atoms with Crippen LogP contribution in [-0.4, -0.2) is 0 Å². The molecular weight excluding hydrogens is 188 g/mol. The minimum absolute atomic E-state index is 1.08. The molecule has 10 heavy (non-hydrogen) atoms. The SMILES string of the molecule is Cc1[c]c(Br)c(C)cc1C. The lowest BCUT2D eigenvalue weighted by Crippen LogP contribution is -1.84. The largest absolute Gasteiger partial charge is 0.0550 e. The quantitative estimate of drug-likeness (QED) is 0.600. The van der Waals surface area contributed by atoms with Gasteiger partial charge in [0.15, 0.2) is 0 Å². The minimum atomic E-state index is 1.08. The number of halogens is 1. The lowest BCUT2D eigenvalue weighted by atomic mass is 10.1. The molecule has 53 valence electrons. The zero-order chi connectivity index (χ0) is 7.72. The van der Waals surface area contributed by atoms with E-state index in [0.29, 0.717) is 0 Å². The van der Waals surface area contributed by atoms with Gasteiger partial charge in [-0.15, -0.1) is 0 Å². The molecule has 0 unspecified atom stereocenters. The molecule has 1 rings (SSSR count). The van der Waals surface area contributed by atoms with Crippen molar-refractivity contribution < 1.29 is 0 Å². The third-order valence-corrected chi connectivity index (χ3v) is 2.49. The fourth-order valence-electron chi connectivity index (χ4n) is 0.858. The normalized spacial score (nSPS) is 10.0. The molecule has 0 amide bonds. The van der Waals surface area contributed by atoms with Gasteiger partial charge in [0.1, 0.15) is 0 Å². The molecule has 0 aliphatic heterocycles. The topological polar surface area (TPSA) is 0 Å². The van der Waals surface area contributed by atoms with E-state index in [2.05, 4.69) is 48.8 Å². The van der Waals surface area contributed by atoms with Crippen LogP contribution < -0.4 is 0 Å². The van der Waals surface area contributed by atoms with E-state index in [9.17, 15) is 0 Å². The van der Waals surface area contributed by atoms with Crippen molar-refractivity contribution in [2.45, 2.75) is 20.8 Å². The zero-order valence-electron chi connectivity index (χ0n) is 6.46. The lowest BCUT2D eigenvalue weighted by Gasteiger charge is -2.02. The van der Waals surface area contributed by atoms with E-state index >= 15 is 0 Å². The molecule has 0 atom stereocenters. The van der Waals surface area contributed by atoms with E-state index < -0.39 is 0 Å². The second-order valence-corrected chi connectivity index (χ2v) is 3.37. The molecule has 1 aromatic rings. The zero-order valence-corrected chi connectivity index (χ0v) is 8.04. The standard InChI is InChI=1S/C9H10Br/c1-6-4-8(3)9(10)5-7(6)2/h4H,1-3H3. The summed E-state index contributed by atoms with van der Waals surface area (Å²) in [6, 6.07) is 5.39. The molecule has 0 aliphatic rings. The number of benzene rings is 1. The minimum Gasteiger partial charge on any atom is -0.0550 e. The average Bonchev–Trinajstić information content (AvgIpc) is 1.84. The molecule has 0 heterocycles. The molecule has 0 saturated heterocycles. The van der Waals surface area contributed by atoms with Gasteiger partial charge in [-0.25, -0.2) is 0 Å². The van der Waals surface area contributed by atoms with Gasteiger partial charge in [0, 0.05) is 10.5 Å². The molecule has 1 heteroatoms. The average molecular weight is 198 g/mol. The van der Waals surface area contributed by atoms with E-state index in [-0.39, 0.29) is 0 Å². The van der Waals surface area contributed by atoms with Crippen molar-refractivity contribution in [2.24, 2.45) is 0 Å². The third-order valence-electron chi connectivity index (χ3n) is 1.67. The Hall–Kier alpha value is -0.300. The Balaban J connectivity index is 3.28. The van der Waals surface area contributed by atoms with Crippen molar-refractivity contribution in [2.75, 3.05) is 0 Å². The summed E-state index contributed by atoms with van der Waals surface area (Å²) in [5.41, 5.74) is 3.78. The summed E-state index contributed by atoms with van der Waals surface area (Å²) in [7, 11) is 0. The fraction of sp³-hybridized carbons (Fsp3) is 0.333. The van der Waals surface area contributed by atoms with Crippen LogP contribution in [-0.2, 0) is 0 Å². The van der Waals surface area contributed by atoms with Crippen LogP contribution in [0.1, 0.15) is 16.7 Å². The smallest absolute Gasteiger partial charge is 0.0286 e. The summed E-state index contributed by atoms with van der Waals surface area (Å²) in [6.07, 6.45) is 0. The van der Waals surface area contributed by atoms with Crippen LogP contribution in [0, 0.1) is 26.8 Å². The van der Waals surface area contributed by atoms with Crippen molar-refractivity contribution in [1.29, 1.82) is 0 Å². The molecule has 0 saturated carbocycles. The monoisotopic (exact) mass is 197 g/mol. The fourth-order valence-corrected chi connectivity index (χ4v) is 1.27. The van der Waals surface area contributed by atoms with Gasteiger partial charge in [-0.3, -0.25) is 0 Å². The van der Waals surface area contributed by atoms with E-state index in [1.807, 2.05) is 0 Å². The summed E-state index contributed by atoms with van der Waals surface area (Å²) < 4.78 is 1.08. The first kappa shape index (κ1) is 7.80. The molecule has 1 radical (unpaired) electrons. The Kier molecular flexibility index (Phi) is 2.14. The highest BCUT2D eigenvalue weighted by molar-refractivity contribution is 9.10. The summed E-state index contributed by atoms with van der Waals surface area (Å²) in [5, 5.41) is 0. The van der Waals surface area contributed by atoms with Crippen LogP contribution in [0.3, 0.4) is 0 Å². The van der Waals surface area contributed by atoms with E-state index in [1.165, 1.54) is 16.7 Å². The maximum absolute atomic E-state index is 3.42. The van der Waals surface area contributed by atoms with Crippen LogP contribution in [0.2, 0.25) is 0 Å². The summed E-state index contributed by atoms with van der Waals surface area (Å²) >= 11 is 3.42. The Morgan fingerprint density at radius 1 is 1.20 bits per heavy atom. The first-order valence-corrected chi connectivity index (χ1v) is 4.06. The highest BCUT2D eigenvalue weighted by Gasteiger charge is 1.97. The predicted octanol–water partition coefficient (Wildman–Crippen LogP) is 3.17. The Bertz CT molecular complexity index is 201. The first-order valence-electron chi connectivity index (χ1n) is 3.27. The Morgan fingerprint density at radius 2 is 1.80 bits per heavy atom. The van der Waals surface area contributed by atoms with Gasteiger partial charge in [-0.2, -0.15) is 0 Å². The van der Waals surface area contributed by atoms with Crippen molar-refractivity contribution in [3.05, 3.63) is 33.3 Å². The second-order valence-electron chi connectivity index (χ2n) is 2.57. The molecular formula is C9H10Br. The van der Waals surface area contributed by atoms with Crippen LogP contribution in [0.25, 0.3) is 0 Å². The maximum Gasteiger partial charge on any atom is 0.0286 e. The number of hydrogen-bond acceptors (Lipinski definition) is 0. The second kappa shape index (κ2) is 2.75. The highest BCUT2D eigenvalue weighted by atomic mass is 79.9. The summed E-state index contributed by atoms with van der Waals surface area (Å²) in [6.45, 7) is 6.25. The molecule has 0 fully saturated rings. The van der Waals surface area contributed by atoms with Crippen molar-refractivity contribution in [1.82, 2.24) is 0 Å². The van der Waals surface area contributed by atoms with Crippen LogP contribution >= 0.6 is 15.9 Å². The number of aryl methyl sites for hydroxylation is 3. The third kappa shape index (κ3) is 1.40. The predicted molar refractivity (Wildman–Crippen MR) is 47.2 cm³/mol. The van der Waals surface area contributed by atoms with Gasteiger partial charge in [-0.1, -0.05) is 6.07 Å². The van der Waals surface area contributed by atoms with Gasteiger partial charge >= 0.3 is 0 Å². The number of hydrogen-bond donors (Lipinski definition) is 0. The van der Waals surface area contributed by atoms with Gasteiger partial charge in [0.25, 0.3) is 0 Å². The lowest BCUT2D eigenvalue weighted by molar-refractivity contribution is 1.27. The van der Waals surface area contributed by atoms with E-state index in [0.717, 1.165) is 4.47 Å². The van der Waals surface area contributed by atoms with Crippen molar-refractivity contribution in [3.63, 3.8) is 0 Å². The van der Waals surface area contributed by atoms with Crippen LogP contribution in [0.15, 0.2) is 10.5 Å². The van der Waals surface area contributed by atoms with E-state index in [4.69, 9.17) is 0 Å². The Morgan fingerprint density at radius 3 is 2.30 bits per heavy atom. The van der Waals surface area contributed by atoms with Gasteiger partial charge < -0.3 is 0 Å². The summed E-state index contributed by atoms with van der Waals surface area (Å²) in [4.78, 5) is 0. The molecule has 0 N–H and O–H groups in total. The van der Waals surface area contributed by atoms with E-state index in [1.54, 1.807) is 0 Å². The molecule has 0 spiro atoms. The van der Waals surface area contributed by atoms with Gasteiger partial charge in [0.2, 0.25) is 0 Å². The van der Waals surface area contributed by atoms with Crippen LogP contribution in [0.5, 0.6) is 0 Å². The van der Waals surface area contributed by atoms with Crippen molar-refractivity contribution >= 4 is 15.9 Å². The van der Waals surface area contributed by atoms with Gasteiger partial charge in [0.05, 0.1) is 0 Å². The Labute approximate surface area is 70.4 Å². The van der Waals surface area contributed by atoms with Crippen molar-refractivity contribution in [3.8, 4) is 0 Å². The molecule has 0 aromatic heterocycles. The molecule has 0 nitrogen and oxygen atoms in total. The summed E-state index contributed by atoms with van der Waals surface area (Å²) in [5.74, 6) is 0. The molecule has 1 aromatic carbocycles. The first-order chi connectivity index (χ1) is 4.61. The molecule has 0 aliphatic carbocycles. The highest BCUT2D eigenvalue weighted by Crippen LogP contribution is 2.19. The number of rotatable bonds is 0. The molecule has 0 bridgehead atoms. The van der Waals surface area contributed by atoms with Crippen LogP contribution in [0.4, 0.5) is 0 Å².